The van der Waals surface area contributed by atoms with Gasteiger partial charge in [0.1, 0.15) is 41.8 Å². The van der Waals surface area contributed by atoms with E-state index in [4.69, 9.17) is 14.2 Å². The number of hydrogen-bond acceptors (Lipinski definition) is 5. The van der Waals surface area contributed by atoms with Crippen LogP contribution in [0.2, 0.25) is 0 Å². The highest BCUT2D eigenvalue weighted by atomic mass is 19.1. The largest absolute Gasteiger partial charge is 0.496 e. The molecule has 0 unspecified atom stereocenters. The molecule has 0 bridgehead atoms. The number of amides is 1. The van der Waals surface area contributed by atoms with Gasteiger partial charge in [-0.3, -0.25) is 4.79 Å². The zero-order valence-corrected chi connectivity index (χ0v) is 24.7. The molecule has 0 saturated heterocycles. The molecule has 0 radical (unpaired) electrons. The standard InChI is InChI=1S/C33H39FN2O4/c1-20-10-11-22(34)16-28(20)40-19-26-24(14-15-27-30(26)36(8)31(37)33(6,7)35-27)25-13-12-23(17-29(25)38-9)39-18-21(2)32(3,4)5/h10-17,35H,2,18-19H2,1,3-9H3. The summed E-state index contributed by atoms with van der Waals surface area (Å²) in [6.07, 6.45) is 0. The van der Waals surface area contributed by atoms with Crippen LogP contribution in [-0.4, -0.2) is 32.2 Å². The van der Waals surface area contributed by atoms with Crippen molar-refractivity contribution in [2.45, 2.75) is 53.7 Å². The Bertz CT molecular complexity index is 1460. The van der Waals surface area contributed by atoms with Gasteiger partial charge in [0, 0.05) is 30.3 Å². The molecule has 1 heterocycles. The summed E-state index contributed by atoms with van der Waals surface area (Å²) in [6, 6.07) is 14.1. The first-order valence-electron chi connectivity index (χ1n) is 13.3. The molecule has 40 heavy (non-hydrogen) atoms. The number of halogens is 1. The van der Waals surface area contributed by atoms with Crippen LogP contribution in [0.15, 0.2) is 60.7 Å². The topological polar surface area (TPSA) is 60.0 Å². The lowest BCUT2D eigenvalue weighted by atomic mass is 9.88. The van der Waals surface area contributed by atoms with Crippen molar-refractivity contribution in [2.24, 2.45) is 5.41 Å². The van der Waals surface area contributed by atoms with Gasteiger partial charge in [-0.2, -0.15) is 0 Å². The summed E-state index contributed by atoms with van der Waals surface area (Å²) in [6.45, 7) is 16.5. The minimum absolute atomic E-state index is 0.0614. The molecule has 0 fully saturated rings. The van der Waals surface area contributed by atoms with E-state index in [0.29, 0.717) is 29.5 Å². The van der Waals surface area contributed by atoms with E-state index in [-0.39, 0.29) is 23.7 Å². The van der Waals surface area contributed by atoms with Gasteiger partial charge in [-0.1, -0.05) is 39.5 Å². The number of anilines is 2. The second-order valence-electron chi connectivity index (χ2n) is 11.8. The molecular formula is C33H39FN2O4. The van der Waals surface area contributed by atoms with Gasteiger partial charge in [-0.25, -0.2) is 4.39 Å². The third kappa shape index (κ3) is 5.79. The van der Waals surface area contributed by atoms with Crippen molar-refractivity contribution in [3.8, 4) is 28.4 Å². The van der Waals surface area contributed by atoms with Gasteiger partial charge in [-0.05, 0) is 67.2 Å². The maximum absolute atomic E-state index is 14.0. The summed E-state index contributed by atoms with van der Waals surface area (Å²) in [4.78, 5) is 14.9. The molecule has 1 aliphatic rings. The van der Waals surface area contributed by atoms with Gasteiger partial charge in [0.05, 0.1) is 18.5 Å². The average Bonchev–Trinajstić information content (AvgIpc) is 2.89. The first-order valence-corrected chi connectivity index (χ1v) is 13.3. The van der Waals surface area contributed by atoms with Crippen LogP contribution in [0.3, 0.4) is 0 Å². The lowest BCUT2D eigenvalue weighted by molar-refractivity contribution is -0.121. The molecule has 3 aromatic carbocycles. The fourth-order valence-corrected chi connectivity index (χ4v) is 4.68. The number of benzene rings is 3. The van der Waals surface area contributed by atoms with Crippen LogP contribution in [0.4, 0.5) is 15.8 Å². The fourth-order valence-electron chi connectivity index (χ4n) is 4.68. The Morgan fingerprint density at radius 3 is 2.40 bits per heavy atom. The highest BCUT2D eigenvalue weighted by molar-refractivity contribution is 6.08. The number of aryl methyl sites for hydroxylation is 1. The van der Waals surface area contributed by atoms with Crippen molar-refractivity contribution in [1.82, 2.24) is 0 Å². The SMILES string of the molecule is C=C(COc1ccc(-c2ccc3c(c2COc2cc(F)ccc2C)N(C)C(=O)C(C)(C)N3)c(OC)c1)C(C)(C)C. The first-order chi connectivity index (χ1) is 18.7. The molecule has 0 saturated carbocycles. The van der Waals surface area contributed by atoms with E-state index in [9.17, 15) is 9.18 Å². The summed E-state index contributed by atoms with van der Waals surface area (Å²) in [5.41, 5.74) is 4.90. The predicted molar refractivity (Wildman–Crippen MR) is 159 cm³/mol. The molecule has 0 aromatic heterocycles. The minimum Gasteiger partial charge on any atom is -0.496 e. The van der Waals surface area contributed by atoms with Gasteiger partial charge < -0.3 is 24.4 Å². The predicted octanol–water partition coefficient (Wildman–Crippen LogP) is 7.54. The number of methoxy groups -OCH3 is 1. The average molecular weight is 547 g/mol. The number of nitrogens with zero attached hydrogens (tertiary/aromatic N) is 1. The zero-order chi connectivity index (χ0) is 29.4. The van der Waals surface area contributed by atoms with Crippen LogP contribution < -0.4 is 24.4 Å². The number of hydrogen-bond donors (Lipinski definition) is 1. The lowest BCUT2D eigenvalue weighted by Crippen LogP contribution is -2.52. The summed E-state index contributed by atoms with van der Waals surface area (Å²) < 4.78 is 32.0. The van der Waals surface area contributed by atoms with Crippen molar-refractivity contribution >= 4 is 17.3 Å². The van der Waals surface area contributed by atoms with E-state index in [2.05, 4.69) is 32.7 Å². The maximum atomic E-state index is 14.0. The molecule has 0 atom stereocenters. The van der Waals surface area contributed by atoms with Crippen molar-refractivity contribution in [2.75, 3.05) is 31.0 Å². The monoisotopic (exact) mass is 546 g/mol. The van der Waals surface area contributed by atoms with Crippen molar-refractivity contribution in [3.05, 3.63) is 77.6 Å². The highest BCUT2D eigenvalue weighted by Crippen LogP contribution is 2.45. The molecule has 3 aromatic rings. The number of carbonyl (C=O) groups excluding carboxylic acids is 1. The molecular weight excluding hydrogens is 507 g/mol. The van der Waals surface area contributed by atoms with E-state index >= 15 is 0 Å². The number of carbonyl (C=O) groups is 1. The summed E-state index contributed by atoms with van der Waals surface area (Å²) in [7, 11) is 3.38. The molecule has 6 nitrogen and oxygen atoms in total. The maximum Gasteiger partial charge on any atom is 0.251 e. The molecule has 1 aliphatic heterocycles. The Morgan fingerprint density at radius 2 is 1.73 bits per heavy atom. The van der Waals surface area contributed by atoms with Gasteiger partial charge in [0.25, 0.3) is 5.91 Å². The second kappa shape index (κ2) is 10.9. The van der Waals surface area contributed by atoms with Crippen LogP contribution in [0, 0.1) is 18.2 Å². The number of fused-ring (bicyclic) bond motifs is 1. The molecule has 0 aliphatic carbocycles. The summed E-state index contributed by atoms with van der Waals surface area (Å²) in [5.74, 6) is 1.26. The molecule has 4 rings (SSSR count). The molecule has 1 N–H and O–H groups in total. The molecule has 212 valence electrons. The smallest absolute Gasteiger partial charge is 0.251 e. The van der Waals surface area contributed by atoms with Crippen LogP contribution >= 0.6 is 0 Å². The minimum atomic E-state index is -0.770. The Morgan fingerprint density at radius 1 is 1.02 bits per heavy atom. The van der Waals surface area contributed by atoms with Crippen LogP contribution in [-0.2, 0) is 11.4 Å². The zero-order valence-electron chi connectivity index (χ0n) is 24.7. The fraction of sp³-hybridized carbons (Fsp3) is 0.364. The number of rotatable bonds is 8. The van der Waals surface area contributed by atoms with Crippen LogP contribution in [0.5, 0.6) is 17.2 Å². The quantitative estimate of drug-likeness (QED) is 0.296. The number of ether oxygens (including phenoxy) is 3. The van der Waals surface area contributed by atoms with Gasteiger partial charge in [0.2, 0.25) is 0 Å². The first kappa shape index (κ1) is 29.0. The van der Waals surface area contributed by atoms with E-state index in [0.717, 1.165) is 33.5 Å². The second-order valence-corrected chi connectivity index (χ2v) is 11.8. The molecule has 7 heteroatoms. The Kier molecular flexibility index (Phi) is 7.88. The van der Waals surface area contributed by atoms with Gasteiger partial charge in [0.15, 0.2) is 0 Å². The molecule has 0 spiro atoms. The number of likely N-dealkylation sites (N-methyl/N-ethyl adjacent to an activating group) is 1. The van der Waals surface area contributed by atoms with Gasteiger partial charge >= 0.3 is 0 Å². The Labute approximate surface area is 236 Å². The van der Waals surface area contributed by atoms with Crippen molar-refractivity contribution in [1.29, 1.82) is 0 Å². The van der Waals surface area contributed by atoms with E-state index in [1.165, 1.54) is 12.1 Å². The van der Waals surface area contributed by atoms with Gasteiger partial charge in [-0.15, -0.1) is 0 Å². The van der Waals surface area contributed by atoms with Crippen molar-refractivity contribution in [3.63, 3.8) is 0 Å². The lowest BCUT2D eigenvalue weighted by Gasteiger charge is -2.39. The van der Waals surface area contributed by atoms with E-state index in [1.807, 2.05) is 51.1 Å². The number of nitrogens with one attached hydrogen (secondary N) is 1. The van der Waals surface area contributed by atoms with Crippen LogP contribution in [0.1, 0.15) is 45.7 Å². The third-order valence-electron chi connectivity index (χ3n) is 7.36. The Hall–Kier alpha value is -4.00. The highest BCUT2D eigenvalue weighted by Gasteiger charge is 2.38. The summed E-state index contributed by atoms with van der Waals surface area (Å²) >= 11 is 0. The summed E-state index contributed by atoms with van der Waals surface area (Å²) in [5, 5.41) is 3.37. The normalized spacial score (nSPS) is 14.3. The Balaban J connectivity index is 1.79. The van der Waals surface area contributed by atoms with Crippen molar-refractivity contribution < 1.29 is 23.4 Å². The third-order valence-corrected chi connectivity index (χ3v) is 7.36. The van der Waals surface area contributed by atoms with Crippen LogP contribution in [0.25, 0.3) is 11.1 Å². The van der Waals surface area contributed by atoms with E-state index < -0.39 is 5.54 Å². The molecule has 1 amide bonds. The van der Waals surface area contributed by atoms with E-state index in [1.54, 1.807) is 25.1 Å².